The molecule has 1 atom stereocenters. The van der Waals surface area contributed by atoms with Crippen molar-refractivity contribution in [2.75, 3.05) is 26.2 Å². The summed E-state index contributed by atoms with van der Waals surface area (Å²) in [5, 5.41) is 2.82. The van der Waals surface area contributed by atoms with Crippen molar-refractivity contribution in [1.29, 1.82) is 0 Å². The number of rotatable bonds is 6. The SMILES string of the molecule is CC(=O)N(CCNC(=O)C(C)C)CC1CCCO1. The molecule has 2 amide bonds. The molecule has 1 heterocycles. The lowest BCUT2D eigenvalue weighted by Gasteiger charge is -2.24. The summed E-state index contributed by atoms with van der Waals surface area (Å²) in [6, 6.07) is 0. The highest BCUT2D eigenvalue weighted by Gasteiger charge is 2.20. The fraction of sp³-hybridized carbons (Fsp3) is 0.846. The second-order valence-corrected chi connectivity index (χ2v) is 5.05. The molecule has 0 aromatic heterocycles. The minimum absolute atomic E-state index is 0.0195. The normalized spacial score (nSPS) is 19.0. The van der Waals surface area contributed by atoms with Gasteiger partial charge in [0.1, 0.15) is 0 Å². The molecule has 1 aliphatic rings. The van der Waals surface area contributed by atoms with E-state index in [9.17, 15) is 9.59 Å². The summed E-state index contributed by atoms with van der Waals surface area (Å²) in [6.45, 7) is 7.73. The number of hydrogen-bond donors (Lipinski definition) is 1. The van der Waals surface area contributed by atoms with Crippen molar-refractivity contribution in [3.63, 3.8) is 0 Å². The first-order valence-electron chi connectivity index (χ1n) is 6.65. The maximum absolute atomic E-state index is 11.5. The molecule has 0 aliphatic carbocycles. The number of amides is 2. The number of hydrogen-bond acceptors (Lipinski definition) is 3. The van der Waals surface area contributed by atoms with E-state index in [0.717, 1.165) is 19.4 Å². The second kappa shape index (κ2) is 7.36. The Morgan fingerprint density at radius 1 is 1.44 bits per heavy atom. The van der Waals surface area contributed by atoms with E-state index in [0.29, 0.717) is 19.6 Å². The van der Waals surface area contributed by atoms with Crippen LogP contribution in [0.5, 0.6) is 0 Å². The third-order valence-corrected chi connectivity index (χ3v) is 3.10. The van der Waals surface area contributed by atoms with Gasteiger partial charge in [0, 0.05) is 39.1 Å². The van der Waals surface area contributed by atoms with Gasteiger partial charge < -0.3 is 15.0 Å². The van der Waals surface area contributed by atoms with Crippen LogP contribution in [0.3, 0.4) is 0 Å². The minimum Gasteiger partial charge on any atom is -0.376 e. The van der Waals surface area contributed by atoms with E-state index in [2.05, 4.69) is 5.32 Å². The van der Waals surface area contributed by atoms with Gasteiger partial charge in [-0.1, -0.05) is 13.8 Å². The molecule has 1 fully saturated rings. The van der Waals surface area contributed by atoms with Crippen molar-refractivity contribution in [3.8, 4) is 0 Å². The monoisotopic (exact) mass is 256 g/mol. The number of nitrogens with one attached hydrogen (secondary N) is 1. The number of nitrogens with zero attached hydrogens (tertiary/aromatic N) is 1. The Labute approximate surface area is 109 Å². The predicted octanol–water partition coefficient (Wildman–Crippen LogP) is 0.786. The second-order valence-electron chi connectivity index (χ2n) is 5.05. The lowest BCUT2D eigenvalue weighted by molar-refractivity contribution is -0.131. The molecule has 0 aromatic carbocycles. The van der Waals surface area contributed by atoms with Crippen LogP contribution in [-0.2, 0) is 14.3 Å². The van der Waals surface area contributed by atoms with Crippen molar-refractivity contribution in [2.24, 2.45) is 5.92 Å². The first-order valence-corrected chi connectivity index (χ1v) is 6.65. The lowest BCUT2D eigenvalue weighted by Crippen LogP contribution is -2.42. The maximum atomic E-state index is 11.5. The Kier molecular flexibility index (Phi) is 6.12. The summed E-state index contributed by atoms with van der Waals surface area (Å²) in [5.41, 5.74) is 0. The zero-order valence-corrected chi connectivity index (χ0v) is 11.6. The summed E-state index contributed by atoms with van der Waals surface area (Å²) in [6.07, 6.45) is 2.25. The van der Waals surface area contributed by atoms with E-state index in [4.69, 9.17) is 4.74 Å². The quantitative estimate of drug-likeness (QED) is 0.764. The van der Waals surface area contributed by atoms with Crippen LogP contribution < -0.4 is 5.32 Å². The molecule has 5 heteroatoms. The van der Waals surface area contributed by atoms with Gasteiger partial charge in [-0.25, -0.2) is 0 Å². The molecule has 0 bridgehead atoms. The van der Waals surface area contributed by atoms with Crippen LogP contribution in [0.2, 0.25) is 0 Å². The van der Waals surface area contributed by atoms with Gasteiger partial charge in [-0.05, 0) is 12.8 Å². The topological polar surface area (TPSA) is 58.6 Å². The Morgan fingerprint density at radius 3 is 2.67 bits per heavy atom. The average molecular weight is 256 g/mol. The van der Waals surface area contributed by atoms with Crippen LogP contribution in [0.25, 0.3) is 0 Å². The zero-order valence-electron chi connectivity index (χ0n) is 11.6. The van der Waals surface area contributed by atoms with Crippen molar-refractivity contribution >= 4 is 11.8 Å². The third-order valence-electron chi connectivity index (χ3n) is 3.10. The highest BCUT2D eigenvalue weighted by Crippen LogP contribution is 2.13. The Morgan fingerprint density at radius 2 is 2.17 bits per heavy atom. The Bertz CT molecular complexity index is 286. The minimum atomic E-state index is -0.0195. The van der Waals surface area contributed by atoms with E-state index in [1.807, 2.05) is 13.8 Å². The van der Waals surface area contributed by atoms with Gasteiger partial charge >= 0.3 is 0 Å². The molecule has 1 aliphatic heterocycles. The Balaban J connectivity index is 2.29. The molecule has 0 saturated carbocycles. The summed E-state index contributed by atoms with van der Waals surface area (Å²) in [5.74, 6) is 0.0360. The summed E-state index contributed by atoms with van der Waals surface area (Å²) >= 11 is 0. The molecule has 1 N–H and O–H groups in total. The van der Waals surface area contributed by atoms with Gasteiger partial charge in [0.05, 0.1) is 6.10 Å². The van der Waals surface area contributed by atoms with Gasteiger partial charge in [0.15, 0.2) is 0 Å². The molecule has 0 aromatic rings. The van der Waals surface area contributed by atoms with Crippen molar-refractivity contribution in [2.45, 2.75) is 39.7 Å². The van der Waals surface area contributed by atoms with Crippen molar-refractivity contribution in [1.82, 2.24) is 10.2 Å². The van der Waals surface area contributed by atoms with E-state index in [1.165, 1.54) is 0 Å². The smallest absolute Gasteiger partial charge is 0.222 e. The molecule has 0 radical (unpaired) electrons. The van der Waals surface area contributed by atoms with Crippen LogP contribution in [0.4, 0.5) is 0 Å². The van der Waals surface area contributed by atoms with E-state index >= 15 is 0 Å². The molecule has 104 valence electrons. The molecule has 0 spiro atoms. The highest BCUT2D eigenvalue weighted by molar-refractivity contribution is 5.78. The number of ether oxygens (including phenoxy) is 1. The standard InChI is InChI=1S/C13H24N2O3/c1-10(2)13(17)14-6-7-15(11(3)16)9-12-5-4-8-18-12/h10,12H,4-9H2,1-3H3,(H,14,17). The summed E-state index contributed by atoms with van der Waals surface area (Å²) in [7, 11) is 0. The first kappa shape index (κ1) is 15.0. The first-order chi connectivity index (χ1) is 8.50. The number of carbonyl (C=O) groups excluding carboxylic acids is 2. The zero-order chi connectivity index (χ0) is 13.5. The molecule has 18 heavy (non-hydrogen) atoms. The third kappa shape index (κ3) is 5.04. The highest BCUT2D eigenvalue weighted by atomic mass is 16.5. The van der Waals surface area contributed by atoms with Crippen molar-refractivity contribution in [3.05, 3.63) is 0 Å². The van der Waals surface area contributed by atoms with Crippen LogP contribution in [0, 0.1) is 5.92 Å². The molecular weight excluding hydrogens is 232 g/mol. The average Bonchev–Trinajstić information content (AvgIpc) is 2.79. The van der Waals surface area contributed by atoms with E-state index < -0.39 is 0 Å². The fourth-order valence-electron chi connectivity index (χ4n) is 1.93. The largest absolute Gasteiger partial charge is 0.376 e. The van der Waals surface area contributed by atoms with E-state index in [-0.39, 0.29) is 23.8 Å². The summed E-state index contributed by atoms with van der Waals surface area (Å²) in [4.78, 5) is 24.6. The molecule has 5 nitrogen and oxygen atoms in total. The fourth-order valence-corrected chi connectivity index (χ4v) is 1.93. The maximum Gasteiger partial charge on any atom is 0.222 e. The van der Waals surface area contributed by atoms with Crippen LogP contribution in [0.1, 0.15) is 33.6 Å². The summed E-state index contributed by atoms with van der Waals surface area (Å²) < 4.78 is 5.52. The van der Waals surface area contributed by atoms with Crippen LogP contribution in [0.15, 0.2) is 0 Å². The molecule has 1 saturated heterocycles. The van der Waals surface area contributed by atoms with Gasteiger partial charge in [-0.3, -0.25) is 9.59 Å². The van der Waals surface area contributed by atoms with Gasteiger partial charge in [0.25, 0.3) is 0 Å². The van der Waals surface area contributed by atoms with Crippen molar-refractivity contribution < 1.29 is 14.3 Å². The van der Waals surface area contributed by atoms with Crippen LogP contribution >= 0.6 is 0 Å². The molecule has 1 rings (SSSR count). The van der Waals surface area contributed by atoms with Gasteiger partial charge in [0.2, 0.25) is 11.8 Å². The lowest BCUT2D eigenvalue weighted by atomic mass is 10.2. The predicted molar refractivity (Wildman–Crippen MR) is 69.1 cm³/mol. The molecule has 1 unspecified atom stereocenters. The van der Waals surface area contributed by atoms with Gasteiger partial charge in [-0.15, -0.1) is 0 Å². The Hall–Kier alpha value is -1.10. The number of carbonyl (C=O) groups is 2. The molecular formula is C13H24N2O3. The van der Waals surface area contributed by atoms with Crippen LogP contribution in [-0.4, -0.2) is 49.1 Å². The van der Waals surface area contributed by atoms with Gasteiger partial charge in [-0.2, -0.15) is 0 Å². The van der Waals surface area contributed by atoms with E-state index in [1.54, 1.807) is 11.8 Å².